The van der Waals surface area contributed by atoms with E-state index in [1.165, 1.54) is 0 Å². The molecule has 0 aliphatic carbocycles. The summed E-state index contributed by atoms with van der Waals surface area (Å²) >= 11 is 0. The lowest BCUT2D eigenvalue weighted by Crippen LogP contribution is -2.36. The van der Waals surface area contributed by atoms with Gasteiger partial charge in [-0.25, -0.2) is 4.79 Å². The number of nitrogens with zero attached hydrogens (tertiary/aromatic N) is 2. The van der Waals surface area contributed by atoms with E-state index in [1.54, 1.807) is 31.2 Å². The van der Waals surface area contributed by atoms with E-state index < -0.39 is 11.2 Å². The van der Waals surface area contributed by atoms with Crippen molar-refractivity contribution in [3.63, 3.8) is 0 Å². The zero-order chi connectivity index (χ0) is 13.1. The number of H-pyrrole nitrogens is 1. The van der Waals surface area contributed by atoms with Crippen molar-refractivity contribution in [2.24, 2.45) is 0 Å². The molecule has 0 spiro atoms. The van der Waals surface area contributed by atoms with Crippen molar-refractivity contribution in [3.8, 4) is 17.3 Å². The van der Waals surface area contributed by atoms with Gasteiger partial charge in [0.1, 0.15) is 11.6 Å². The van der Waals surface area contributed by atoms with Crippen molar-refractivity contribution >= 4 is 0 Å². The van der Waals surface area contributed by atoms with E-state index in [-0.39, 0.29) is 17.8 Å². The summed E-state index contributed by atoms with van der Waals surface area (Å²) < 4.78 is 1.00. The van der Waals surface area contributed by atoms with Crippen molar-refractivity contribution in [2.45, 2.75) is 13.5 Å². The van der Waals surface area contributed by atoms with E-state index in [9.17, 15) is 9.59 Å². The molecule has 1 aromatic heterocycles. The summed E-state index contributed by atoms with van der Waals surface area (Å²) in [4.78, 5) is 26.3. The van der Waals surface area contributed by atoms with E-state index >= 15 is 0 Å². The van der Waals surface area contributed by atoms with Crippen LogP contribution in [0, 0.1) is 11.3 Å². The summed E-state index contributed by atoms with van der Waals surface area (Å²) in [5, 5.41) is 9.09. The number of hydrogen-bond acceptors (Lipinski definition) is 3. The highest BCUT2D eigenvalue weighted by Gasteiger charge is 2.13. The minimum atomic E-state index is -0.553. The van der Waals surface area contributed by atoms with Gasteiger partial charge < -0.3 is 4.98 Å². The summed E-state index contributed by atoms with van der Waals surface area (Å²) in [5.74, 6) is 0. The first-order valence-electron chi connectivity index (χ1n) is 5.51. The lowest BCUT2D eigenvalue weighted by molar-refractivity contribution is 0.672. The van der Waals surface area contributed by atoms with Gasteiger partial charge in [-0.1, -0.05) is 30.3 Å². The largest absolute Gasteiger partial charge is 0.328 e. The standard InChI is InChI=1S/C13H11N3O2/c1-2-16-12(17)10(8-14)11(15-13(16)18)9-6-4-3-5-7-9/h3-7H,2H2,1H3,(H,15,18). The Balaban J connectivity index is 2.83. The molecule has 5 heteroatoms. The molecule has 18 heavy (non-hydrogen) atoms. The number of rotatable bonds is 2. The molecule has 0 fully saturated rings. The highest BCUT2D eigenvalue weighted by atomic mass is 16.2. The molecule has 1 aromatic carbocycles. The van der Waals surface area contributed by atoms with Crippen LogP contribution in [0.2, 0.25) is 0 Å². The number of aromatic amines is 1. The molecule has 0 saturated heterocycles. The van der Waals surface area contributed by atoms with Crippen LogP contribution in [0.3, 0.4) is 0 Å². The Morgan fingerprint density at radius 1 is 1.28 bits per heavy atom. The van der Waals surface area contributed by atoms with Gasteiger partial charge in [-0.2, -0.15) is 5.26 Å². The Bertz CT molecular complexity index is 721. The summed E-state index contributed by atoms with van der Waals surface area (Å²) in [6.07, 6.45) is 0. The van der Waals surface area contributed by atoms with E-state index in [1.807, 2.05) is 12.1 Å². The fraction of sp³-hybridized carbons (Fsp3) is 0.154. The fourth-order valence-corrected chi connectivity index (χ4v) is 1.78. The van der Waals surface area contributed by atoms with E-state index in [0.29, 0.717) is 5.56 Å². The summed E-state index contributed by atoms with van der Waals surface area (Å²) in [7, 11) is 0. The van der Waals surface area contributed by atoms with Gasteiger partial charge in [0.15, 0.2) is 0 Å². The van der Waals surface area contributed by atoms with Crippen molar-refractivity contribution in [3.05, 3.63) is 56.7 Å². The van der Waals surface area contributed by atoms with Crippen molar-refractivity contribution in [1.29, 1.82) is 5.26 Å². The molecule has 1 heterocycles. The fourth-order valence-electron chi connectivity index (χ4n) is 1.78. The van der Waals surface area contributed by atoms with Gasteiger partial charge in [-0.05, 0) is 12.5 Å². The van der Waals surface area contributed by atoms with Gasteiger partial charge in [0.05, 0.1) is 5.69 Å². The predicted molar refractivity (Wildman–Crippen MR) is 67.1 cm³/mol. The zero-order valence-electron chi connectivity index (χ0n) is 9.80. The van der Waals surface area contributed by atoms with Gasteiger partial charge in [-0.15, -0.1) is 0 Å². The lowest BCUT2D eigenvalue weighted by atomic mass is 10.1. The van der Waals surface area contributed by atoms with Crippen LogP contribution in [0.5, 0.6) is 0 Å². The van der Waals surface area contributed by atoms with E-state index in [2.05, 4.69) is 4.98 Å². The smallest absolute Gasteiger partial charge is 0.305 e. The molecule has 0 unspecified atom stereocenters. The Labute approximate surface area is 103 Å². The molecule has 2 rings (SSSR count). The Kier molecular flexibility index (Phi) is 3.11. The average molecular weight is 241 g/mol. The number of nitrogens with one attached hydrogen (secondary N) is 1. The monoisotopic (exact) mass is 241 g/mol. The first-order valence-corrected chi connectivity index (χ1v) is 5.51. The molecule has 0 saturated carbocycles. The minimum absolute atomic E-state index is 0.0392. The molecule has 0 radical (unpaired) electrons. The normalized spacial score (nSPS) is 10.0. The van der Waals surface area contributed by atoms with Crippen LogP contribution in [0.15, 0.2) is 39.9 Å². The second kappa shape index (κ2) is 4.72. The van der Waals surface area contributed by atoms with Crippen LogP contribution in [-0.4, -0.2) is 9.55 Å². The predicted octanol–water partition coefficient (Wildman–Crippen LogP) is 1.10. The summed E-state index contributed by atoms with van der Waals surface area (Å²) in [6.45, 7) is 1.91. The molecule has 0 aliphatic rings. The van der Waals surface area contributed by atoms with Crippen LogP contribution in [0.25, 0.3) is 11.3 Å². The summed E-state index contributed by atoms with van der Waals surface area (Å²) in [5.41, 5.74) is -0.171. The molecule has 2 aromatic rings. The van der Waals surface area contributed by atoms with Crippen LogP contribution in [0.4, 0.5) is 0 Å². The Morgan fingerprint density at radius 2 is 1.94 bits per heavy atom. The zero-order valence-corrected chi connectivity index (χ0v) is 9.80. The maximum atomic E-state index is 12.0. The number of aromatic nitrogens is 2. The first kappa shape index (κ1) is 11.9. The highest BCUT2D eigenvalue weighted by molar-refractivity contribution is 5.65. The molecule has 0 atom stereocenters. The van der Waals surface area contributed by atoms with Crippen LogP contribution >= 0.6 is 0 Å². The summed E-state index contributed by atoms with van der Waals surface area (Å²) in [6, 6.07) is 10.7. The first-order chi connectivity index (χ1) is 8.69. The van der Waals surface area contributed by atoms with Crippen LogP contribution in [0.1, 0.15) is 12.5 Å². The molecule has 1 N–H and O–H groups in total. The SMILES string of the molecule is CCn1c(=O)[nH]c(-c2ccccc2)c(C#N)c1=O. The maximum absolute atomic E-state index is 12.0. The van der Waals surface area contributed by atoms with Gasteiger partial charge >= 0.3 is 5.69 Å². The molecule has 0 amide bonds. The van der Waals surface area contributed by atoms with Gasteiger partial charge in [0, 0.05) is 6.54 Å². The van der Waals surface area contributed by atoms with E-state index in [4.69, 9.17) is 5.26 Å². The van der Waals surface area contributed by atoms with Crippen molar-refractivity contribution in [2.75, 3.05) is 0 Å². The van der Waals surface area contributed by atoms with Gasteiger partial charge in [0.25, 0.3) is 5.56 Å². The topological polar surface area (TPSA) is 78.7 Å². The molecule has 90 valence electrons. The molecule has 0 bridgehead atoms. The minimum Gasteiger partial charge on any atom is -0.305 e. The molecule has 0 aliphatic heterocycles. The Morgan fingerprint density at radius 3 is 2.50 bits per heavy atom. The van der Waals surface area contributed by atoms with Crippen molar-refractivity contribution < 1.29 is 0 Å². The highest BCUT2D eigenvalue weighted by Crippen LogP contribution is 2.16. The third-order valence-electron chi connectivity index (χ3n) is 2.68. The van der Waals surface area contributed by atoms with Gasteiger partial charge in [0.2, 0.25) is 0 Å². The Hall–Kier alpha value is -2.61. The average Bonchev–Trinajstić information content (AvgIpc) is 2.39. The lowest BCUT2D eigenvalue weighted by Gasteiger charge is -2.06. The molecular formula is C13H11N3O2. The number of benzene rings is 1. The second-order valence-electron chi connectivity index (χ2n) is 3.71. The van der Waals surface area contributed by atoms with Crippen LogP contribution < -0.4 is 11.2 Å². The van der Waals surface area contributed by atoms with Crippen LogP contribution in [-0.2, 0) is 6.54 Å². The second-order valence-corrected chi connectivity index (χ2v) is 3.71. The number of nitriles is 1. The molecule has 5 nitrogen and oxygen atoms in total. The third-order valence-corrected chi connectivity index (χ3v) is 2.68. The molecular weight excluding hydrogens is 230 g/mol. The number of hydrogen-bond donors (Lipinski definition) is 1. The van der Waals surface area contributed by atoms with Crippen molar-refractivity contribution in [1.82, 2.24) is 9.55 Å². The van der Waals surface area contributed by atoms with E-state index in [0.717, 1.165) is 4.57 Å². The third kappa shape index (κ3) is 1.84. The maximum Gasteiger partial charge on any atom is 0.328 e. The van der Waals surface area contributed by atoms with Gasteiger partial charge in [-0.3, -0.25) is 9.36 Å². The quantitative estimate of drug-likeness (QED) is 0.854.